The van der Waals surface area contributed by atoms with E-state index in [0.717, 1.165) is 43.9 Å². The average molecular weight is 427 g/mol. The number of benzene rings is 1. The first-order valence-corrected chi connectivity index (χ1v) is 9.35. The van der Waals surface area contributed by atoms with E-state index >= 15 is 0 Å². The number of alkyl halides is 3. The van der Waals surface area contributed by atoms with Gasteiger partial charge in [0.15, 0.2) is 0 Å². The number of amidine groups is 1. The number of carbonyl (C=O) groups is 2. The number of hydrogen-bond donors (Lipinski definition) is 3. The zero-order valence-corrected chi connectivity index (χ0v) is 16.4. The molecule has 2 rings (SSSR count). The molecule has 1 aliphatic carbocycles. The monoisotopic (exact) mass is 427 g/mol. The Morgan fingerprint density at radius 1 is 1.33 bits per heavy atom. The molecule has 10 heteroatoms. The highest BCUT2D eigenvalue weighted by Crippen LogP contribution is 2.37. The van der Waals surface area contributed by atoms with Crippen LogP contribution in [0.15, 0.2) is 41.0 Å². The molecule has 1 amide bonds. The Bertz CT molecular complexity index is 814. The quantitative estimate of drug-likeness (QED) is 0.256. The van der Waals surface area contributed by atoms with E-state index in [1.165, 1.54) is 12.1 Å². The highest BCUT2D eigenvalue weighted by molar-refractivity contribution is 6.00. The molecular formula is C20H24F3N3O4. The maximum atomic E-state index is 12.6. The second-order valence-corrected chi connectivity index (χ2v) is 7.28. The maximum absolute atomic E-state index is 12.6. The first-order chi connectivity index (χ1) is 14.1. The third-order valence-electron chi connectivity index (χ3n) is 5.03. The number of rotatable bonds is 8. The average Bonchev–Trinajstić information content (AvgIpc) is 3.13. The predicted octanol–water partition coefficient (Wildman–Crippen LogP) is 2.76. The molecule has 4 N–H and O–H groups in total. The van der Waals surface area contributed by atoms with Crippen LogP contribution in [0.25, 0.3) is 0 Å². The molecule has 1 aliphatic rings. The molecule has 0 aromatic heterocycles. The molecule has 1 unspecified atom stereocenters. The largest absolute Gasteiger partial charge is 0.573 e. The van der Waals surface area contributed by atoms with Crippen LogP contribution in [0.5, 0.6) is 5.75 Å². The lowest BCUT2D eigenvalue weighted by molar-refractivity contribution is -0.274. The van der Waals surface area contributed by atoms with E-state index in [1.54, 1.807) is 0 Å². The molecule has 0 spiro atoms. The number of ether oxygens (including phenoxy) is 1. The van der Waals surface area contributed by atoms with E-state index < -0.39 is 30.7 Å². The summed E-state index contributed by atoms with van der Waals surface area (Å²) < 4.78 is 40.6. The van der Waals surface area contributed by atoms with Crippen molar-refractivity contribution in [1.82, 2.24) is 5.32 Å². The molecule has 0 bridgehead atoms. The number of amides is 1. The van der Waals surface area contributed by atoms with Crippen LogP contribution in [0.3, 0.4) is 0 Å². The number of hydrogen-bond acceptors (Lipinski definition) is 5. The van der Waals surface area contributed by atoms with Gasteiger partial charge in [0, 0.05) is 11.5 Å². The summed E-state index contributed by atoms with van der Waals surface area (Å²) in [5, 5.41) is 12.1. The Labute approximate surface area is 171 Å². The van der Waals surface area contributed by atoms with E-state index in [0.29, 0.717) is 11.8 Å². The van der Waals surface area contributed by atoms with E-state index in [2.05, 4.69) is 15.0 Å². The standard InChI is InChI=1S/C20H24F3N3O4/c1-19(9-2-3-10-19)18(24)26-15(8-11-27)17(29)25-16(12-28)13-4-6-14(7-5-13)30-20(21,22)23/h4-8,11,16,28H,2-3,9-10,12H2,1H3,(H2,24,26)(H,25,29)/b15-8-. The maximum Gasteiger partial charge on any atom is 0.573 e. The molecule has 1 aromatic carbocycles. The summed E-state index contributed by atoms with van der Waals surface area (Å²) in [5.74, 6) is -0.934. The zero-order valence-electron chi connectivity index (χ0n) is 16.4. The Balaban J connectivity index is 2.15. The van der Waals surface area contributed by atoms with E-state index in [1.807, 2.05) is 6.92 Å². The molecule has 1 atom stereocenters. The lowest BCUT2D eigenvalue weighted by Crippen LogP contribution is -2.35. The van der Waals surface area contributed by atoms with Crippen molar-refractivity contribution >= 4 is 18.0 Å². The van der Waals surface area contributed by atoms with Gasteiger partial charge in [0.05, 0.1) is 12.6 Å². The number of aliphatic imine (C=N–C) groups is 1. The summed E-state index contributed by atoms with van der Waals surface area (Å²) in [6, 6.07) is 3.75. The smallest absolute Gasteiger partial charge is 0.406 e. The van der Waals surface area contributed by atoms with Crippen LogP contribution < -0.4 is 15.8 Å². The number of halogens is 3. The first-order valence-electron chi connectivity index (χ1n) is 9.35. The number of nitrogens with two attached hydrogens (primary N) is 1. The van der Waals surface area contributed by atoms with Crippen LogP contribution in [0.4, 0.5) is 13.2 Å². The number of aliphatic hydroxyl groups excluding tert-OH is 1. The molecule has 1 aromatic rings. The number of allylic oxidation sites excluding steroid dienone is 1. The summed E-state index contributed by atoms with van der Waals surface area (Å²) in [5.41, 5.74) is 5.85. The highest BCUT2D eigenvalue weighted by atomic mass is 19.4. The van der Waals surface area contributed by atoms with Gasteiger partial charge in [-0.1, -0.05) is 31.9 Å². The van der Waals surface area contributed by atoms with Gasteiger partial charge in [-0.2, -0.15) is 0 Å². The van der Waals surface area contributed by atoms with Crippen molar-refractivity contribution in [2.45, 2.75) is 45.0 Å². The van der Waals surface area contributed by atoms with Crippen LogP contribution in [-0.2, 0) is 9.59 Å². The zero-order chi connectivity index (χ0) is 22.4. The lowest BCUT2D eigenvalue weighted by Gasteiger charge is -2.23. The van der Waals surface area contributed by atoms with Crippen molar-refractivity contribution in [1.29, 1.82) is 0 Å². The van der Waals surface area contributed by atoms with Gasteiger partial charge in [-0.3, -0.25) is 9.59 Å². The van der Waals surface area contributed by atoms with E-state index in [-0.39, 0.29) is 16.9 Å². The Morgan fingerprint density at radius 3 is 2.43 bits per heavy atom. The Morgan fingerprint density at radius 2 is 1.93 bits per heavy atom. The molecule has 0 heterocycles. The highest BCUT2D eigenvalue weighted by Gasteiger charge is 2.33. The number of aldehydes is 1. The third-order valence-corrected chi connectivity index (χ3v) is 5.03. The van der Waals surface area contributed by atoms with Gasteiger partial charge in [0.2, 0.25) is 0 Å². The molecular weight excluding hydrogens is 403 g/mol. The van der Waals surface area contributed by atoms with Gasteiger partial charge in [-0.05, 0) is 30.5 Å². The van der Waals surface area contributed by atoms with E-state index in [9.17, 15) is 27.9 Å². The summed E-state index contributed by atoms with van der Waals surface area (Å²) in [4.78, 5) is 27.7. The normalized spacial score (nSPS) is 18.0. The van der Waals surface area contributed by atoms with Crippen LogP contribution >= 0.6 is 0 Å². The molecule has 0 saturated heterocycles. The fourth-order valence-electron chi connectivity index (χ4n) is 3.27. The summed E-state index contributed by atoms with van der Waals surface area (Å²) in [6.07, 6.45) is 0.177. The molecule has 1 saturated carbocycles. The fourth-order valence-corrected chi connectivity index (χ4v) is 3.27. The van der Waals surface area contributed by atoms with Gasteiger partial charge in [0.25, 0.3) is 5.91 Å². The Kier molecular flexibility index (Phi) is 7.60. The number of nitrogens with zero attached hydrogens (tertiary/aromatic N) is 1. The minimum atomic E-state index is -4.82. The van der Waals surface area contributed by atoms with Gasteiger partial charge in [0.1, 0.15) is 23.6 Å². The SMILES string of the molecule is CC1(C(N)=N/C(=C\C=O)C(=O)NC(CO)c2ccc(OC(F)(F)F)cc2)CCCC1. The van der Waals surface area contributed by atoms with Crippen molar-refractivity contribution in [2.24, 2.45) is 16.1 Å². The number of carbonyl (C=O) groups excluding carboxylic acids is 2. The second kappa shape index (κ2) is 9.75. The van der Waals surface area contributed by atoms with Crippen LogP contribution in [-0.4, -0.2) is 36.1 Å². The summed E-state index contributed by atoms with van der Waals surface area (Å²) >= 11 is 0. The molecule has 1 fully saturated rings. The van der Waals surface area contributed by atoms with Gasteiger partial charge < -0.3 is 20.9 Å². The summed E-state index contributed by atoms with van der Waals surface area (Å²) in [7, 11) is 0. The molecule has 7 nitrogen and oxygen atoms in total. The summed E-state index contributed by atoms with van der Waals surface area (Å²) in [6.45, 7) is 1.41. The van der Waals surface area contributed by atoms with Gasteiger partial charge in [-0.15, -0.1) is 13.2 Å². The van der Waals surface area contributed by atoms with Crippen molar-refractivity contribution < 1.29 is 32.6 Å². The predicted molar refractivity (Wildman–Crippen MR) is 103 cm³/mol. The lowest BCUT2D eigenvalue weighted by atomic mass is 9.87. The minimum Gasteiger partial charge on any atom is -0.406 e. The fraction of sp³-hybridized carbons (Fsp3) is 0.450. The van der Waals surface area contributed by atoms with Crippen molar-refractivity contribution in [3.63, 3.8) is 0 Å². The van der Waals surface area contributed by atoms with Gasteiger partial charge in [-0.25, -0.2) is 4.99 Å². The molecule has 30 heavy (non-hydrogen) atoms. The Hall–Kier alpha value is -2.88. The van der Waals surface area contributed by atoms with Crippen LogP contribution in [0, 0.1) is 5.41 Å². The van der Waals surface area contributed by atoms with Gasteiger partial charge >= 0.3 is 6.36 Å². The molecule has 0 aliphatic heterocycles. The number of nitrogens with one attached hydrogen (secondary N) is 1. The topological polar surface area (TPSA) is 114 Å². The minimum absolute atomic E-state index is 0.217. The number of aliphatic hydroxyl groups is 1. The molecule has 0 radical (unpaired) electrons. The van der Waals surface area contributed by atoms with Crippen molar-refractivity contribution in [3.8, 4) is 5.75 Å². The van der Waals surface area contributed by atoms with Crippen molar-refractivity contribution in [3.05, 3.63) is 41.6 Å². The first kappa shape index (κ1) is 23.4. The second-order valence-electron chi connectivity index (χ2n) is 7.28. The van der Waals surface area contributed by atoms with Crippen LogP contribution in [0.2, 0.25) is 0 Å². The van der Waals surface area contributed by atoms with E-state index in [4.69, 9.17) is 5.73 Å². The molecule has 164 valence electrons. The van der Waals surface area contributed by atoms with Crippen LogP contribution in [0.1, 0.15) is 44.2 Å². The van der Waals surface area contributed by atoms with Crippen molar-refractivity contribution in [2.75, 3.05) is 6.61 Å². The third kappa shape index (κ3) is 6.31.